The number of rotatable bonds is 0. The molecule has 2 nitrogen and oxygen atoms in total. The maximum atomic E-state index is 10.6. The van der Waals surface area contributed by atoms with Gasteiger partial charge in [-0.2, -0.15) is 0 Å². The molecule has 0 aromatic carbocycles. The first kappa shape index (κ1) is 17.1. The quantitative estimate of drug-likeness (QED) is 0.631. The molecule has 8 atom stereocenters. The van der Waals surface area contributed by atoms with E-state index in [0.29, 0.717) is 17.3 Å². The molecule has 0 spiro atoms. The molecule has 0 amide bonds. The zero-order valence-electron chi connectivity index (χ0n) is 16.0. The van der Waals surface area contributed by atoms with Crippen LogP contribution in [0.4, 0.5) is 0 Å². The van der Waals surface area contributed by atoms with Gasteiger partial charge in [0, 0.05) is 0 Å². The smallest absolute Gasteiger partial charge is 0.0758 e. The van der Waals surface area contributed by atoms with Crippen LogP contribution in [0.2, 0.25) is 0 Å². The molecule has 2 heteroatoms. The van der Waals surface area contributed by atoms with E-state index in [1.807, 2.05) is 6.92 Å². The summed E-state index contributed by atoms with van der Waals surface area (Å²) in [4.78, 5) is 0. The highest BCUT2D eigenvalue weighted by molar-refractivity contribution is 5.27. The second kappa shape index (κ2) is 5.33. The minimum Gasteiger partial charge on any atom is -0.390 e. The molecule has 0 aliphatic heterocycles. The van der Waals surface area contributed by atoms with Crippen molar-refractivity contribution in [3.63, 3.8) is 0 Å². The summed E-state index contributed by atoms with van der Waals surface area (Å²) in [5.41, 5.74) is 1.53. The van der Waals surface area contributed by atoms with Crippen LogP contribution in [-0.4, -0.2) is 21.9 Å². The molecule has 4 saturated carbocycles. The molecule has 0 aromatic heterocycles. The van der Waals surface area contributed by atoms with Crippen LogP contribution in [0.5, 0.6) is 0 Å². The third-order valence-electron chi connectivity index (χ3n) is 9.15. The van der Waals surface area contributed by atoms with Crippen LogP contribution >= 0.6 is 0 Å². The summed E-state index contributed by atoms with van der Waals surface area (Å²) < 4.78 is 0. The Kier molecular flexibility index (Phi) is 3.80. The molecule has 4 aliphatic carbocycles. The predicted octanol–water partition coefficient (Wildman–Crippen LogP) is 4.70. The van der Waals surface area contributed by atoms with Crippen molar-refractivity contribution in [2.75, 3.05) is 0 Å². The molecule has 0 radical (unpaired) electrons. The SMILES string of the molecule is C/C=C1/[C@H](O)C[C@H]2[C@@H]3CC[C@H]4C[C@](C)(O)CC[C@]4(C)[C@H]3CC[C@]12C. The van der Waals surface area contributed by atoms with E-state index in [-0.39, 0.29) is 11.5 Å². The monoisotopic (exact) mass is 332 g/mol. The second-order valence-corrected chi connectivity index (χ2v) is 10.3. The Morgan fingerprint density at radius 1 is 1.00 bits per heavy atom. The van der Waals surface area contributed by atoms with E-state index in [9.17, 15) is 10.2 Å². The largest absolute Gasteiger partial charge is 0.390 e. The zero-order valence-corrected chi connectivity index (χ0v) is 16.0. The van der Waals surface area contributed by atoms with Crippen molar-refractivity contribution >= 4 is 0 Å². The maximum absolute atomic E-state index is 10.6. The third-order valence-corrected chi connectivity index (χ3v) is 9.15. The van der Waals surface area contributed by atoms with Crippen molar-refractivity contribution in [3.05, 3.63) is 11.6 Å². The molecule has 2 N–H and O–H groups in total. The fraction of sp³-hybridized carbons (Fsp3) is 0.909. The molecule has 0 heterocycles. The van der Waals surface area contributed by atoms with Crippen molar-refractivity contribution in [1.82, 2.24) is 0 Å². The summed E-state index contributed by atoms with van der Waals surface area (Å²) in [6.07, 6.45) is 11.3. The number of fused-ring (bicyclic) bond motifs is 5. The van der Waals surface area contributed by atoms with Gasteiger partial charge in [0.05, 0.1) is 11.7 Å². The zero-order chi connectivity index (χ0) is 17.3. The van der Waals surface area contributed by atoms with Gasteiger partial charge >= 0.3 is 0 Å². The van der Waals surface area contributed by atoms with E-state index in [1.54, 1.807) is 0 Å². The highest BCUT2D eigenvalue weighted by Crippen LogP contribution is 2.67. The van der Waals surface area contributed by atoms with Crippen LogP contribution in [0.25, 0.3) is 0 Å². The molecule has 0 saturated heterocycles. The Labute approximate surface area is 147 Å². The molecule has 0 bridgehead atoms. The first-order valence-electron chi connectivity index (χ1n) is 10.3. The normalized spacial score (nSPS) is 58.9. The average Bonchev–Trinajstić information content (AvgIpc) is 2.77. The van der Waals surface area contributed by atoms with E-state index in [1.165, 1.54) is 37.7 Å². The molecule has 0 aromatic rings. The molecule has 136 valence electrons. The van der Waals surface area contributed by atoms with Crippen molar-refractivity contribution < 1.29 is 10.2 Å². The van der Waals surface area contributed by atoms with Crippen LogP contribution in [-0.2, 0) is 0 Å². The molecular formula is C22H36O2. The van der Waals surface area contributed by atoms with Gasteiger partial charge in [0.15, 0.2) is 0 Å². The summed E-state index contributed by atoms with van der Waals surface area (Å²) in [5.74, 6) is 2.94. The van der Waals surface area contributed by atoms with Gasteiger partial charge in [0.2, 0.25) is 0 Å². The van der Waals surface area contributed by atoms with Crippen LogP contribution < -0.4 is 0 Å². The summed E-state index contributed by atoms with van der Waals surface area (Å²) in [5, 5.41) is 21.2. The lowest BCUT2D eigenvalue weighted by molar-refractivity contribution is -0.139. The second-order valence-electron chi connectivity index (χ2n) is 10.3. The lowest BCUT2D eigenvalue weighted by Crippen LogP contribution is -2.55. The van der Waals surface area contributed by atoms with Crippen LogP contribution in [0.3, 0.4) is 0 Å². The standard InChI is InChI=1S/C22H36O2/c1-5-16-19(23)12-18-15-7-6-14-13-20(2,24)10-11-21(14,3)17(15)8-9-22(16,18)4/h5,14-15,17-19,23-24H,6-13H2,1-4H3/b16-5-/t14-,15+,17-,18-,19+,20+,21-,22+/m0/s1. The van der Waals surface area contributed by atoms with E-state index < -0.39 is 5.60 Å². The Bertz CT molecular complexity index is 550. The lowest BCUT2D eigenvalue weighted by Gasteiger charge is -2.61. The molecular weight excluding hydrogens is 296 g/mol. The predicted molar refractivity (Wildman–Crippen MR) is 97.5 cm³/mol. The lowest BCUT2D eigenvalue weighted by atomic mass is 9.44. The van der Waals surface area contributed by atoms with Crippen molar-refractivity contribution in [2.24, 2.45) is 34.5 Å². The fourth-order valence-corrected chi connectivity index (χ4v) is 7.81. The van der Waals surface area contributed by atoms with E-state index in [0.717, 1.165) is 31.1 Å². The molecule has 0 unspecified atom stereocenters. The van der Waals surface area contributed by atoms with Gasteiger partial charge in [0.25, 0.3) is 0 Å². The Balaban J connectivity index is 1.64. The summed E-state index contributed by atoms with van der Waals surface area (Å²) >= 11 is 0. The fourth-order valence-electron chi connectivity index (χ4n) is 7.81. The van der Waals surface area contributed by atoms with E-state index >= 15 is 0 Å². The van der Waals surface area contributed by atoms with Crippen molar-refractivity contribution in [2.45, 2.75) is 90.8 Å². The third kappa shape index (κ3) is 2.21. The van der Waals surface area contributed by atoms with Gasteiger partial charge < -0.3 is 10.2 Å². The van der Waals surface area contributed by atoms with Gasteiger partial charge in [-0.25, -0.2) is 0 Å². The van der Waals surface area contributed by atoms with Crippen LogP contribution in [0.15, 0.2) is 11.6 Å². The van der Waals surface area contributed by atoms with Gasteiger partial charge in [-0.15, -0.1) is 0 Å². The highest BCUT2D eigenvalue weighted by atomic mass is 16.3. The number of hydrogen-bond donors (Lipinski definition) is 2. The summed E-state index contributed by atoms with van der Waals surface area (Å²) in [7, 11) is 0. The van der Waals surface area contributed by atoms with Crippen molar-refractivity contribution in [1.29, 1.82) is 0 Å². The summed E-state index contributed by atoms with van der Waals surface area (Å²) in [6.45, 7) is 9.12. The molecule has 4 rings (SSSR count). The maximum Gasteiger partial charge on any atom is 0.0758 e. The van der Waals surface area contributed by atoms with Gasteiger partial charge in [-0.1, -0.05) is 19.9 Å². The number of hydrogen-bond acceptors (Lipinski definition) is 2. The van der Waals surface area contributed by atoms with E-state index in [4.69, 9.17) is 0 Å². The van der Waals surface area contributed by atoms with Crippen molar-refractivity contribution in [3.8, 4) is 0 Å². The van der Waals surface area contributed by atoms with Crippen LogP contribution in [0.1, 0.15) is 79.1 Å². The Morgan fingerprint density at radius 2 is 1.75 bits per heavy atom. The van der Waals surface area contributed by atoms with Gasteiger partial charge in [0.1, 0.15) is 0 Å². The first-order chi connectivity index (χ1) is 11.2. The minimum atomic E-state index is -0.443. The minimum absolute atomic E-state index is 0.207. The molecule has 4 aliphatic rings. The molecule has 24 heavy (non-hydrogen) atoms. The van der Waals surface area contributed by atoms with E-state index in [2.05, 4.69) is 26.8 Å². The average molecular weight is 333 g/mol. The topological polar surface area (TPSA) is 40.5 Å². The van der Waals surface area contributed by atoms with Crippen LogP contribution in [0, 0.1) is 34.5 Å². The number of aliphatic hydroxyl groups is 2. The summed E-state index contributed by atoms with van der Waals surface area (Å²) in [6, 6.07) is 0. The Morgan fingerprint density at radius 3 is 2.46 bits per heavy atom. The number of aliphatic hydroxyl groups excluding tert-OH is 1. The number of allylic oxidation sites excluding steroid dienone is 1. The van der Waals surface area contributed by atoms with Gasteiger partial charge in [-0.3, -0.25) is 0 Å². The molecule has 4 fully saturated rings. The van der Waals surface area contributed by atoms with Gasteiger partial charge in [-0.05, 0) is 105 Å². The first-order valence-corrected chi connectivity index (χ1v) is 10.3. The highest BCUT2D eigenvalue weighted by Gasteiger charge is 2.61. The Hall–Kier alpha value is -0.340.